The Morgan fingerprint density at radius 1 is 1.42 bits per heavy atom. The van der Waals surface area contributed by atoms with Crippen LogP contribution in [0.3, 0.4) is 0 Å². The summed E-state index contributed by atoms with van der Waals surface area (Å²) in [5.74, 6) is 5.06. The van der Waals surface area contributed by atoms with Crippen LogP contribution in [0.2, 0.25) is 0 Å². The van der Waals surface area contributed by atoms with Gasteiger partial charge >= 0.3 is 0 Å². The molecule has 0 radical (unpaired) electrons. The van der Waals surface area contributed by atoms with Gasteiger partial charge in [0.1, 0.15) is 6.04 Å². The number of nitrogens with zero attached hydrogens (tertiary/aromatic N) is 1. The Balaban J connectivity index is 2.11. The van der Waals surface area contributed by atoms with Gasteiger partial charge in [-0.1, -0.05) is 31.0 Å². The average molecular weight is 256 g/mol. The van der Waals surface area contributed by atoms with E-state index in [4.69, 9.17) is 0 Å². The molecule has 0 saturated carbocycles. The zero-order chi connectivity index (χ0) is 13.7. The summed E-state index contributed by atoms with van der Waals surface area (Å²) in [4.78, 5) is 25.3. The molecule has 19 heavy (non-hydrogen) atoms. The molecule has 1 atom stereocenters. The molecular weight excluding hydrogens is 240 g/mol. The molecule has 1 aliphatic rings. The third-order valence-corrected chi connectivity index (χ3v) is 3.07. The maximum absolute atomic E-state index is 12.1. The van der Waals surface area contributed by atoms with Gasteiger partial charge in [0.15, 0.2) is 0 Å². The molecule has 1 saturated heterocycles. The van der Waals surface area contributed by atoms with Crippen molar-refractivity contribution in [2.75, 3.05) is 13.1 Å². The topological polar surface area (TPSA) is 49.4 Å². The highest BCUT2D eigenvalue weighted by Crippen LogP contribution is 2.08. The van der Waals surface area contributed by atoms with Crippen molar-refractivity contribution in [3.8, 4) is 11.8 Å². The first-order valence-corrected chi connectivity index (χ1v) is 6.37. The first-order valence-electron chi connectivity index (χ1n) is 6.37. The number of hydrogen-bond donors (Lipinski definition) is 1. The Bertz CT molecular complexity index is 528. The molecule has 1 heterocycles. The van der Waals surface area contributed by atoms with Crippen molar-refractivity contribution in [3.05, 3.63) is 35.9 Å². The Morgan fingerprint density at radius 2 is 2.16 bits per heavy atom. The lowest BCUT2D eigenvalue weighted by Gasteiger charge is -2.32. The summed E-state index contributed by atoms with van der Waals surface area (Å²) >= 11 is 0. The highest BCUT2D eigenvalue weighted by molar-refractivity contribution is 5.98. The minimum Gasteiger partial charge on any atom is -0.353 e. The standard InChI is InChI=1S/C15H16N2O2/c1-2-13-15(19)16-10-11-17(13)14(18)9-8-12-6-4-3-5-7-12/h3-7,13H,2,10-11H2,1H3,(H,16,19). The molecule has 0 spiro atoms. The van der Waals surface area contributed by atoms with E-state index in [0.717, 1.165) is 5.56 Å². The van der Waals surface area contributed by atoms with E-state index in [1.54, 1.807) is 4.90 Å². The molecule has 0 aliphatic carbocycles. The molecule has 1 aromatic carbocycles. The molecule has 98 valence electrons. The maximum Gasteiger partial charge on any atom is 0.299 e. The Morgan fingerprint density at radius 3 is 2.84 bits per heavy atom. The van der Waals surface area contributed by atoms with E-state index in [-0.39, 0.29) is 11.8 Å². The number of piperazine rings is 1. The molecule has 0 bridgehead atoms. The molecule has 0 aromatic heterocycles. The monoisotopic (exact) mass is 256 g/mol. The van der Waals surface area contributed by atoms with Gasteiger partial charge in [0.25, 0.3) is 5.91 Å². The van der Waals surface area contributed by atoms with Crippen molar-refractivity contribution in [1.82, 2.24) is 10.2 Å². The smallest absolute Gasteiger partial charge is 0.299 e. The second kappa shape index (κ2) is 6.05. The van der Waals surface area contributed by atoms with E-state index in [2.05, 4.69) is 17.2 Å². The lowest BCUT2D eigenvalue weighted by Crippen LogP contribution is -2.56. The largest absolute Gasteiger partial charge is 0.353 e. The quantitative estimate of drug-likeness (QED) is 0.755. The van der Waals surface area contributed by atoms with Gasteiger partial charge in [-0.3, -0.25) is 9.59 Å². The van der Waals surface area contributed by atoms with Gasteiger partial charge in [0.2, 0.25) is 5.91 Å². The van der Waals surface area contributed by atoms with E-state index >= 15 is 0 Å². The fourth-order valence-electron chi connectivity index (χ4n) is 2.08. The number of amides is 2. The van der Waals surface area contributed by atoms with Gasteiger partial charge in [-0.05, 0) is 18.6 Å². The zero-order valence-corrected chi connectivity index (χ0v) is 10.8. The SMILES string of the molecule is CCC1C(=O)NCCN1C(=O)C#Cc1ccccc1. The zero-order valence-electron chi connectivity index (χ0n) is 10.8. The third-order valence-electron chi connectivity index (χ3n) is 3.07. The first kappa shape index (κ1) is 13.2. The van der Waals surface area contributed by atoms with Crippen LogP contribution in [-0.4, -0.2) is 35.8 Å². The summed E-state index contributed by atoms with van der Waals surface area (Å²) in [6, 6.07) is 8.94. The predicted molar refractivity (Wildman–Crippen MR) is 72.1 cm³/mol. The van der Waals surface area contributed by atoms with E-state index in [1.807, 2.05) is 37.3 Å². The molecule has 1 aliphatic heterocycles. The summed E-state index contributed by atoms with van der Waals surface area (Å²) in [5.41, 5.74) is 0.797. The summed E-state index contributed by atoms with van der Waals surface area (Å²) in [7, 11) is 0. The summed E-state index contributed by atoms with van der Waals surface area (Å²) in [6.45, 7) is 2.90. The molecular formula is C15H16N2O2. The Hall–Kier alpha value is -2.28. The van der Waals surface area contributed by atoms with Crippen molar-refractivity contribution in [3.63, 3.8) is 0 Å². The maximum atomic E-state index is 12.1. The van der Waals surface area contributed by atoms with Crippen LogP contribution in [0.5, 0.6) is 0 Å². The van der Waals surface area contributed by atoms with Crippen molar-refractivity contribution in [2.24, 2.45) is 0 Å². The molecule has 1 N–H and O–H groups in total. The van der Waals surface area contributed by atoms with Crippen LogP contribution in [0.25, 0.3) is 0 Å². The van der Waals surface area contributed by atoms with Crippen LogP contribution < -0.4 is 5.32 Å². The fourth-order valence-corrected chi connectivity index (χ4v) is 2.08. The van der Waals surface area contributed by atoms with Crippen LogP contribution in [-0.2, 0) is 9.59 Å². The van der Waals surface area contributed by atoms with E-state index in [0.29, 0.717) is 19.5 Å². The minimum atomic E-state index is -0.397. The lowest BCUT2D eigenvalue weighted by molar-refractivity contribution is -0.139. The van der Waals surface area contributed by atoms with Gasteiger partial charge in [0.05, 0.1) is 0 Å². The molecule has 1 fully saturated rings. The molecule has 1 unspecified atom stereocenters. The van der Waals surface area contributed by atoms with Crippen molar-refractivity contribution in [1.29, 1.82) is 0 Å². The number of benzene rings is 1. The van der Waals surface area contributed by atoms with Crippen molar-refractivity contribution >= 4 is 11.8 Å². The molecule has 2 amide bonds. The van der Waals surface area contributed by atoms with Crippen LogP contribution in [0.1, 0.15) is 18.9 Å². The van der Waals surface area contributed by atoms with Gasteiger partial charge in [-0.2, -0.15) is 0 Å². The van der Waals surface area contributed by atoms with Crippen LogP contribution in [0.4, 0.5) is 0 Å². The van der Waals surface area contributed by atoms with Crippen LogP contribution >= 0.6 is 0 Å². The summed E-state index contributed by atoms with van der Waals surface area (Å²) in [5, 5.41) is 2.76. The molecule has 2 rings (SSSR count). The van der Waals surface area contributed by atoms with E-state index < -0.39 is 6.04 Å². The number of rotatable bonds is 1. The first-order chi connectivity index (χ1) is 9.22. The van der Waals surface area contributed by atoms with Gasteiger partial charge in [-0.25, -0.2) is 0 Å². The Kier molecular flexibility index (Phi) is 4.19. The van der Waals surface area contributed by atoms with E-state index in [1.165, 1.54) is 0 Å². The van der Waals surface area contributed by atoms with Crippen LogP contribution in [0, 0.1) is 11.8 Å². The van der Waals surface area contributed by atoms with Gasteiger partial charge < -0.3 is 10.2 Å². The summed E-state index contributed by atoms with van der Waals surface area (Å²) in [6.07, 6.45) is 0.602. The Labute approximate surface area is 112 Å². The second-order valence-electron chi connectivity index (χ2n) is 4.33. The number of nitrogens with one attached hydrogen (secondary N) is 1. The molecule has 4 heteroatoms. The average Bonchev–Trinajstić information content (AvgIpc) is 2.45. The molecule has 4 nitrogen and oxygen atoms in total. The van der Waals surface area contributed by atoms with Gasteiger partial charge in [0, 0.05) is 24.6 Å². The third kappa shape index (κ3) is 3.14. The van der Waals surface area contributed by atoms with Crippen molar-refractivity contribution in [2.45, 2.75) is 19.4 Å². The van der Waals surface area contributed by atoms with Crippen LogP contribution in [0.15, 0.2) is 30.3 Å². The summed E-state index contributed by atoms with van der Waals surface area (Å²) < 4.78 is 0. The van der Waals surface area contributed by atoms with Gasteiger partial charge in [-0.15, -0.1) is 0 Å². The second-order valence-corrected chi connectivity index (χ2v) is 4.33. The molecule has 1 aromatic rings. The normalized spacial score (nSPS) is 18.3. The highest BCUT2D eigenvalue weighted by Gasteiger charge is 2.30. The predicted octanol–water partition coefficient (Wildman–Crippen LogP) is 0.775. The van der Waals surface area contributed by atoms with Crippen molar-refractivity contribution < 1.29 is 9.59 Å². The number of carbonyl (C=O) groups excluding carboxylic acids is 2. The highest BCUT2D eigenvalue weighted by atomic mass is 16.2. The van der Waals surface area contributed by atoms with E-state index in [9.17, 15) is 9.59 Å². The number of hydrogen-bond acceptors (Lipinski definition) is 2. The number of carbonyl (C=O) groups is 2. The fraction of sp³-hybridized carbons (Fsp3) is 0.333. The lowest BCUT2D eigenvalue weighted by atomic mass is 10.1. The minimum absolute atomic E-state index is 0.0939.